The smallest absolute Gasteiger partial charge is 0.293 e. The highest BCUT2D eigenvalue weighted by atomic mass is 16.6. The van der Waals surface area contributed by atoms with E-state index in [2.05, 4.69) is 15.5 Å². The Morgan fingerprint density at radius 2 is 1.93 bits per heavy atom. The van der Waals surface area contributed by atoms with Crippen molar-refractivity contribution in [2.45, 2.75) is 39.8 Å². The third kappa shape index (κ3) is 3.55. The number of fused-ring (bicyclic) bond motifs is 2. The summed E-state index contributed by atoms with van der Waals surface area (Å²) in [6.07, 6.45) is 1.64. The fourth-order valence-corrected chi connectivity index (χ4v) is 3.30. The number of ether oxygens (including phenoxy) is 2. The molecule has 0 spiro atoms. The first-order chi connectivity index (χ1) is 13.7. The molecule has 0 unspecified atom stereocenters. The Labute approximate surface area is 167 Å². The summed E-state index contributed by atoms with van der Waals surface area (Å²) in [6.45, 7) is 8.45. The molecule has 0 radical (unpaired) electrons. The molecule has 1 amide bonds. The molecule has 29 heavy (non-hydrogen) atoms. The fourth-order valence-electron chi connectivity index (χ4n) is 3.30. The molecule has 0 aliphatic carbocycles. The summed E-state index contributed by atoms with van der Waals surface area (Å²) in [5.74, 6) is 0.858. The van der Waals surface area contributed by atoms with Crippen LogP contribution in [0.1, 0.15) is 26.5 Å². The van der Waals surface area contributed by atoms with Crippen LogP contribution in [0.4, 0.5) is 5.69 Å². The third-order valence-corrected chi connectivity index (χ3v) is 4.62. The average Bonchev–Trinajstić information content (AvgIpc) is 3.12. The van der Waals surface area contributed by atoms with Crippen molar-refractivity contribution < 1.29 is 14.3 Å². The van der Waals surface area contributed by atoms with Crippen LogP contribution in [0.5, 0.6) is 11.5 Å². The lowest BCUT2D eigenvalue weighted by atomic mass is 10.1. The molecule has 0 bridgehead atoms. The maximum atomic E-state index is 13.0. The second kappa shape index (κ2) is 6.91. The van der Waals surface area contributed by atoms with Crippen LogP contribution in [0.15, 0.2) is 29.2 Å². The van der Waals surface area contributed by atoms with Gasteiger partial charge in [0.15, 0.2) is 11.5 Å². The second-order valence-electron chi connectivity index (χ2n) is 7.94. The molecule has 0 saturated carbocycles. The molecule has 3 aromatic rings. The fraction of sp³-hybridized carbons (Fsp3) is 0.400. The predicted molar refractivity (Wildman–Crippen MR) is 108 cm³/mol. The number of nitrogens with zero attached hydrogens (tertiary/aromatic N) is 4. The van der Waals surface area contributed by atoms with Gasteiger partial charge in [-0.1, -0.05) is 0 Å². The van der Waals surface area contributed by atoms with Crippen molar-refractivity contribution in [3.63, 3.8) is 0 Å². The number of aryl methyl sites for hydroxylation is 1. The van der Waals surface area contributed by atoms with Gasteiger partial charge in [-0.05, 0) is 39.8 Å². The van der Waals surface area contributed by atoms with Gasteiger partial charge >= 0.3 is 0 Å². The van der Waals surface area contributed by atoms with Gasteiger partial charge in [-0.3, -0.25) is 14.3 Å². The highest BCUT2D eigenvalue weighted by Gasteiger charge is 2.22. The highest BCUT2D eigenvalue weighted by Crippen LogP contribution is 2.32. The van der Waals surface area contributed by atoms with Crippen molar-refractivity contribution in [1.29, 1.82) is 0 Å². The van der Waals surface area contributed by atoms with Crippen LogP contribution in [-0.4, -0.2) is 38.7 Å². The molecule has 1 aromatic carbocycles. The summed E-state index contributed by atoms with van der Waals surface area (Å²) in [5.41, 5.74) is 0.916. The molecule has 4 rings (SSSR count). The SMILES string of the molecule is Cc1nn(CC(=O)Nc2ccc3c(c2)OCCO3)c(=O)c2c1cnn2C(C)(C)C. The lowest BCUT2D eigenvalue weighted by molar-refractivity contribution is -0.117. The molecule has 2 aromatic heterocycles. The number of rotatable bonds is 3. The van der Waals surface area contributed by atoms with E-state index in [0.29, 0.717) is 47.0 Å². The Hall–Kier alpha value is -3.36. The van der Waals surface area contributed by atoms with E-state index in [4.69, 9.17) is 9.47 Å². The highest BCUT2D eigenvalue weighted by molar-refractivity contribution is 5.91. The van der Waals surface area contributed by atoms with Crippen molar-refractivity contribution in [3.05, 3.63) is 40.4 Å². The van der Waals surface area contributed by atoms with E-state index in [1.807, 2.05) is 20.8 Å². The van der Waals surface area contributed by atoms with Gasteiger partial charge in [0, 0.05) is 17.1 Å². The number of hydrogen-bond acceptors (Lipinski definition) is 6. The van der Waals surface area contributed by atoms with Gasteiger partial charge in [0.25, 0.3) is 5.56 Å². The number of benzene rings is 1. The maximum Gasteiger partial charge on any atom is 0.293 e. The minimum atomic E-state index is -0.375. The number of aromatic nitrogens is 4. The minimum Gasteiger partial charge on any atom is -0.486 e. The molecular weight excluding hydrogens is 374 g/mol. The van der Waals surface area contributed by atoms with Gasteiger partial charge in [0.05, 0.1) is 17.4 Å². The maximum absolute atomic E-state index is 13.0. The van der Waals surface area contributed by atoms with Crippen LogP contribution >= 0.6 is 0 Å². The zero-order valence-electron chi connectivity index (χ0n) is 16.9. The van der Waals surface area contributed by atoms with Crippen molar-refractivity contribution in [2.24, 2.45) is 0 Å². The van der Waals surface area contributed by atoms with Crippen LogP contribution in [-0.2, 0) is 16.9 Å². The van der Waals surface area contributed by atoms with Crippen molar-refractivity contribution in [1.82, 2.24) is 19.6 Å². The van der Waals surface area contributed by atoms with Crippen molar-refractivity contribution >= 4 is 22.5 Å². The quantitative estimate of drug-likeness (QED) is 0.726. The first-order valence-electron chi connectivity index (χ1n) is 9.39. The van der Waals surface area contributed by atoms with Crippen LogP contribution in [0.25, 0.3) is 10.9 Å². The zero-order chi connectivity index (χ0) is 20.8. The van der Waals surface area contributed by atoms with Crippen molar-refractivity contribution in [2.75, 3.05) is 18.5 Å². The van der Waals surface area contributed by atoms with Gasteiger partial charge in [-0.25, -0.2) is 4.68 Å². The number of amides is 1. The van der Waals surface area contributed by atoms with E-state index in [1.165, 1.54) is 4.68 Å². The monoisotopic (exact) mass is 397 g/mol. The number of anilines is 1. The van der Waals surface area contributed by atoms with Gasteiger partial charge in [0.1, 0.15) is 25.3 Å². The van der Waals surface area contributed by atoms with Gasteiger partial charge in [-0.2, -0.15) is 10.2 Å². The minimum absolute atomic E-state index is 0.209. The van der Waals surface area contributed by atoms with E-state index in [-0.39, 0.29) is 23.6 Å². The van der Waals surface area contributed by atoms with Crippen LogP contribution < -0.4 is 20.3 Å². The molecule has 3 heterocycles. The van der Waals surface area contributed by atoms with E-state index in [1.54, 1.807) is 36.0 Å². The standard InChI is InChI=1S/C20H23N5O4/c1-12-14-10-21-25(20(2,3)4)18(14)19(27)24(23-12)11-17(26)22-13-5-6-15-16(9-13)29-8-7-28-15/h5-6,9-10H,7-8,11H2,1-4H3,(H,22,26). The molecule has 0 atom stereocenters. The topological polar surface area (TPSA) is 100 Å². The van der Waals surface area contributed by atoms with E-state index in [9.17, 15) is 9.59 Å². The normalized spacial score (nSPS) is 13.5. The van der Waals surface area contributed by atoms with Crippen LogP contribution in [0.3, 0.4) is 0 Å². The molecule has 152 valence electrons. The third-order valence-electron chi connectivity index (χ3n) is 4.62. The van der Waals surface area contributed by atoms with E-state index < -0.39 is 0 Å². The summed E-state index contributed by atoms with van der Waals surface area (Å²) >= 11 is 0. The van der Waals surface area contributed by atoms with E-state index >= 15 is 0 Å². The van der Waals surface area contributed by atoms with Gasteiger partial charge in [-0.15, -0.1) is 0 Å². The number of carbonyl (C=O) groups is 1. The van der Waals surface area contributed by atoms with Gasteiger partial charge < -0.3 is 14.8 Å². The Bertz CT molecular complexity index is 1160. The van der Waals surface area contributed by atoms with Gasteiger partial charge in [0.2, 0.25) is 5.91 Å². The summed E-state index contributed by atoms with van der Waals surface area (Å²) in [4.78, 5) is 25.6. The average molecular weight is 397 g/mol. The van der Waals surface area contributed by atoms with Crippen molar-refractivity contribution in [3.8, 4) is 11.5 Å². The summed E-state index contributed by atoms with van der Waals surface area (Å²) in [5, 5.41) is 12.1. The number of carbonyl (C=O) groups excluding carboxylic acids is 1. The largest absolute Gasteiger partial charge is 0.486 e. The Morgan fingerprint density at radius 1 is 1.21 bits per heavy atom. The van der Waals surface area contributed by atoms with Crippen LogP contribution in [0, 0.1) is 6.92 Å². The molecule has 1 N–H and O–H groups in total. The molecule has 9 nitrogen and oxygen atoms in total. The number of nitrogens with one attached hydrogen (secondary N) is 1. The first-order valence-corrected chi connectivity index (χ1v) is 9.39. The Balaban J connectivity index is 1.61. The lowest BCUT2D eigenvalue weighted by Crippen LogP contribution is -2.33. The second-order valence-corrected chi connectivity index (χ2v) is 7.94. The molecule has 9 heteroatoms. The summed E-state index contributed by atoms with van der Waals surface area (Å²) in [6, 6.07) is 5.17. The summed E-state index contributed by atoms with van der Waals surface area (Å²) < 4.78 is 13.9. The molecule has 1 aliphatic heterocycles. The summed E-state index contributed by atoms with van der Waals surface area (Å²) in [7, 11) is 0. The molecule has 0 saturated heterocycles. The van der Waals surface area contributed by atoms with Crippen LogP contribution in [0.2, 0.25) is 0 Å². The Morgan fingerprint density at radius 3 is 2.66 bits per heavy atom. The van der Waals surface area contributed by atoms with E-state index in [0.717, 1.165) is 0 Å². The first kappa shape index (κ1) is 19.0. The predicted octanol–water partition coefficient (Wildman–Crippen LogP) is 2.07. The zero-order valence-corrected chi connectivity index (χ0v) is 16.9. The molecule has 1 aliphatic rings. The number of hydrogen-bond donors (Lipinski definition) is 1. The molecular formula is C20H23N5O4. The molecule has 0 fully saturated rings. The lowest BCUT2D eigenvalue weighted by Gasteiger charge is -2.20. The Kier molecular flexibility index (Phi) is 4.52.